The summed E-state index contributed by atoms with van der Waals surface area (Å²) in [6.45, 7) is 0. The molecule has 0 spiro atoms. The van der Waals surface area contributed by atoms with Crippen molar-refractivity contribution in [2.75, 3.05) is 19.4 Å². The SMILES string of the molecule is CN(C)C(=O)c1cccc2c1N[C@H](c1ccc(Cl)cc1Cl)[C@H]1CC=C[C@@H]21. The maximum atomic E-state index is 12.7. The lowest BCUT2D eigenvalue weighted by Crippen LogP contribution is -2.32. The first-order valence-corrected chi connectivity index (χ1v) is 9.45. The molecule has 1 N–H and O–H groups in total. The van der Waals surface area contributed by atoms with Gasteiger partial charge in [0.15, 0.2) is 0 Å². The van der Waals surface area contributed by atoms with Crippen LogP contribution in [-0.2, 0) is 0 Å². The predicted octanol–water partition coefficient (Wildman–Crippen LogP) is 5.52. The minimum absolute atomic E-state index is 0.00395. The Morgan fingerprint density at radius 3 is 2.69 bits per heavy atom. The van der Waals surface area contributed by atoms with Gasteiger partial charge in [0, 0.05) is 30.1 Å². The average Bonchev–Trinajstić information content (AvgIpc) is 3.10. The number of carbonyl (C=O) groups excluding carboxylic acids is 1. The van der Waals surface area contributed by atoms with Crippen LogP contribution in [0.3, 0.4) is 0 Å². The summed E-state index contributed by atoms with van der Waals surface area (Å²) in [5.74, 6) is 0.638. The Morgan fingerprint density at radius 2 is 1.96 bits per heavy atom. The fourth-order valence-electron chi connectivity index (χ4n) is 4.10. The smallest absolute Gasteiger partial charge is 0.255 e. The lowest BCUT2D eigenvalue weighted by atomic mass is 9.76. The van der Waals surface area contributed by atoms with E-state index >= 15 is 0 Å². The molecule has 1 heterocycles. The molecular weight excluding hydrogens is 367 g/mol. The van der Waals surface area contributed by atoms with Crippen molar-refractivity contribution < 1.29 is 4.79 Å². The number of halogens is 2. The van der Waals surface area contributed by atoms with Crippen LogP contribution < -0.4 is 5.32 Å². The molecule has 3 atom stereocenters. The molecule has 1 aliphatic carbocycles. The second kappa shape index (κ2) is 6.64. The van der Waals surface area contributed by atoms with Crippen molar-refractivity contribution in [3.63, 3.8) is 0 Å². The lowest BCUT2D eigenvalue weighted by Gasteiger charge is -2.38. The van der Waals surface area contributed by atoms with Crippen LogP contribution in [0, 0.1) is 5.92 Å². The summed E-state index contributed by atoms with van der Waals surface area (Å²) in [5, 5.41) is 4.91. The number of amides is 1. The Labute approximate surface area is 163 Å². The number of para-hydroxylation sites is 1. The number of anilines is 1. The number of allylic oxidation sites excluding steroid dienone is 2. The molecule has 4 rings (SSSR count). The van der Waals surface area contributed by atoms with Gasteiger partial charge in [0.25, 0.3) is 5.91 Å². The monoisotopic (exact) mass is 386 g/mol. The van der Waals surface area contributed by atoms with E-state index < -0.39 is 0 Å². The number of rotatable bonds is 2. The fraction of sp³-hybridized carbons (Fsp3) is 0.286. The number of hydrogen-bond acceptors (Lipinski definition) is 2. The molecule has 2 aromatic rings. The zero-order chi connectivity index (χ0) is 18.4. The molecular formula is C21H20Cl2N2O. The summed E-state index contributed by atoms with van der Waals surface area (Å²) in [7, 11) is 3.55. The van der Waals surface area contributed by atoms with Gasteiger partial charge in [0.05, 0.1) is 17.3 Å². The van der Waals surface area contributed by atoms with Crippen molar-refractivity contribution >= 4 is 34.8 Å². The molecule has 1 amide bonds. The summed E-state index contributed by atoms with van der Waals surface area (Å²) < 4.78 is 0. The van der Waals surface area contributed by atoms with Gasteiger partial charge in [-0.3, -0.25) is 4.79 Å². The Balaban J connectivity index is 1.84. The van der Waals surface area contributed by atoms with Crippen LogP contribution in [0.2, 0.25) is 10.0 Å². The number of nitrogens with one attached hydrogen (secondary N) is 1. The standard InChI is InChI=1S/C21H20Cl2N2O/c1-25(2)21(26)17-8-4-7-15-13-5-3-6-14(13)19(24-20(15)17)16-10-9-12(22)11-18(16)23/h3-5,7-11,13-14,19,24H,6H2,1-2H3/t13-,14+,19+/m1/s1. The quantitative estimate of drug-likeness (QED) is 0.688. The van der Waals surface area contributed by atoms with E-state index in [-0.39, 0.29) is 17.9 Å². The van der Waals surface area contributed by atoms with E-state index in [1.165, 1.54) is 5.56 Å². The van der Waals surface area contributed by atoms with Crippen molar-refractivity contribution in [2.24, 2.45) is 5.92 Å². The molecule has 3 nitrogen and oxygen atoms in total. The van der Waals surface area contributed by atoms with Gasteiger partial charge in [-0.1, -0.05) is 53.6 Å². The van der Waals surface area contributed by atoms with Gasteiger partial charge in [0.1, 0.15) is 0 Å². The maximum absolute atomic E-state index is 12.7. The van der Waals surface area contributed by atoms with Gasteiger partial charge in [-0.15, -0.1) is 0 Å². The molecule has 1 aliphatic heterocycles. The largest absolute Gasteiger partial charge is 0.377 e. The first-order chi connectivity index (χ1) is 12.5. The zero-order valence-corrected chi connectivity index (χ0v) is 16.2. The van der Waals surface area contributed by atoms with E-state index in [2.05, 4.69) is 23.5 Å². The lowest BCUT2D eigenvalue weighted by molar-refractivity contribution is 0.0828. The molecule has 0 unspecified atom stereocenters. The predicted molar refractivity (Wildman–Crippen MR) is 107 cm³/mol. The Hall–Kier alpha value is -1.97. The number of carbonyl (C=O) groups is 1. The van der Waals surface area contributed by atoms with Gasteiger partial charge in [0.2, 0.25) is 0 Å². The molecule has 0 fully saturated rings. The van der Waals surface area contributed by atoms with Crippen LogP contribution >= 0.6 is 23.2 Å². The summed E-state index contributed by atoms with van der Waals surface area (Å²) in [6.07, 6.45) is 5.46. The van der Waals surface area contributed by atoms with Crippen molar-refractivity contribution in [2.45, 2.75) is 18.4 Å². The first-order valence-electron chi connectivity index (χ1n) is 8.70. The number of hydrogen-bond donors (Lipinski definition) is 1. The van der Waals surface area contributed by atoms with Crippen LogP contribution in [0.25, 0.3) is 0 Å². The zero-order valence-electron chi connectivity index (χ0n) is 14.7. The van der Waals surface area contributed by atoms with Crippen LogP contribution in [0.1, 0.15) is 39.9 Å². The van der Waals surface area contributed by atoms with Crippen LogP contribution in [0.5, 0.6) is 0 Å². The Morgan fingerprint density at radius 1 is 1.15 bits per heavy atom. The molecule has 0 radical (unpaired) electrons. The minimum Gasteiger partial charge on any atom is -0.377 e. The molecule has 2 aromatic carbocycles. The van der Waals surface area contributed by atoms with Crippen molar-refractivity contribution in [3.05, 3.63) is 75.3 Å². The average molecular weight is 387 g/mol. The van der Waals surface area contributed by atoms with Crippen molar-refractivity contribution in [1.29, 1.82) is 0 Å². The van der Waals surface area contributed by atoms with Crippen molar-refractivity contribution in [3.8, 4) is 0 Å². The molecule has 0 saturated carbocycles. The molecule has 0 aromatic heterocycles. The maximum Gasteiger partial charge on any atom is 0.255 e. The number of benzene rings is 2. The van der Waals surface area contributed by atoms with E-state index in [4.69, 9.17) is 23.2 Å². The Bertz CT molecular complexity index is 907. The summed E-state index contributed by atoms with van der Waals surface area (Å²) >= 11 is 12.6. The second-order valence-corrected chi connectivity index (χ2v) is 7.95. The van der Waals surface area contributed by atoms with Crippen molar-refractivity contribution in [1.82, 2.24) is 4.90 Å². The summed E-state index contributed by atoms with van der Waals surface area (Å²) in [5.41, 5.74) is 3.81. The van der Waals surface area contributed by atoms with Gasteiger partial charge in [-0.2, -0.15) is 0 Å². The highest BCUT2D eigenvalue weighted by atomic mass is 35.5. The molecule has 0 saturated heterocycles. The number of nitrogens with zero attached hydrogens (tertiary/aromatic N) is 1. The second-order valence-electron chi connectivity index (χ2n) is 7.11. The van der Waals surface area contributed by atoms with E-state index in [0.717, 1.165) is 17.7 Å². The summed E-state index contributed by atoms with van der Waals surface area (Å²) in [6, 6.07) is 11.6. The highest BCUT2D eigenvalue weighted by Crippen LogP contribution is 2.51. The highest BCUT2D eigenvalue weighted by molar-refractivity contribution is 6.35. The van der Waals surface area contributed by atoms with E-state index in [0.29, 0.717) is 21.5 Å². The molecule has 134 valence electrons. The molecule has 0 bridgehead atoms. The van der Waals surface area contributed by atoms with E-state index in [9.17, 15) is 4.79 Å². The van der Waals surface area contributed by atoms with Crippen LogP contribution in [0.4, 0.5) is 5.69 Å². The highest BCUT2D eigenvalue weighted by Gasteiger charge is 2.40. The normalized spacial score (nSPS) is 23.2. The third-order valence-corrected chi connectivity index (χ3v) is 5.89. The van der Waals surface area contributed by atoms with Gasteiger partial charge >= 0.3 is 0 Å². The third kappa shape index (κ3) is 2.80. The van der Waals surface area contributed by atoms with Gasteiger partial charge in [-0.05, 0) is 41.7 Å². The summed E-state index contributed by atoms with van der Waals surface area (Å²) in [4.78, 5) is 14.3. The molecule has 5 heteroatoms. The first kappa shape index (κ1) is 17.4. The van der Waals surface area contributed by atoms with Crippen LogP contribution in [0.15, 0.2) is 48.6 Å². The van der Waals surface area contributed by atoms with E-state index in [1.807, 2.05) is 24.3 Å². The van der Waals surface area contributed by atoms with Gasteiger partial charge in [-0.25, -0.2) is 0 Å². The minimum atomic E-state index is -0.00395. The van der Waals surface area contributed by atoms with Gasteiger partial charge < -0.3 is 10.2 Å². The topological polar surface area (TPSA) is 32.3 Å². The van der Waals surface area contributed by atoms with Crippen LogP contribution in [-0.4, -0.2) is 24.9 Å². The number of fused-ring (bicyclic) bond motifs is 3. The molecule has 2 aliphatic rings. The Kier molecular flexibility index (Phi) is 4.45. The van der Waals surface area contributed by atoms with E-state index in [1.54, 1.807) is 25.1 Å². The third-order valence-electron chi connectivity index (χ3n) is 5.33. The fourth-order valence-corrected chi connectivity index (χ4v) is 4.63. The molecule has 26 heavy (non-hydrogen) atoms.